The molecule has 1 aromatic heterocycles. The van der Waals surface area contributed by atoms with Gasteiger partial charge < -0.3 is 5.73 Å². The molecule has 0 atom stereocenters. The third-order valence-corrected chi connectivity index (χ3v) is 1.96. The lowest BCUT2D eigenvalue weighted by molar-refractivity contribution is 0.745. The van der Waals surface area contributed by atoms with E-state index in [0.29, 0.717) is 5.82 Å². The second kappa shape index (κ2) is 4.80. The first-order valence-electron chi connectivity index (χ1n) is 4.88. The first-order valence-corrected chi connectivity index (χ1v) is 4.88. The number of nitrogens with two attached hydrogens (primary N) is 1. The van der Waals surface area contributed by atoms with Crippen LogP contribution in [0.5, 0.6) is 0 Å². The van der Waals surface area contributed by atoms with Gasteiger partial charge in [0.25, 0.3) is 0 Å². The van der Waals surface area contributed by atoms with Gasteiger partial charge in [-0.05, 0) is 12.8 Å². The quantitative estimate of drug-likeness (QED) is 0.768. The van der Waals surface area contributed by atoms with Crippen LogP contribution >= 0.6 is 0 Å². The number of aryl methyl sites for hydroxylation is 2. The minimum absolute atomic E-state index is 0.595. The van der Waals surface area contributed by atoms with Crippen molar-refractivity contribution in [1.82, 2.24) is 9.97 Å². The molecule has 3 nitrogen and oxygen atoms in total. The third kappa shape index (κ3) is 3.01. The Hall–Kier alpha value is -1.12. The Morgan fingerprint density at radius 2 is 2.08 bits per heavy atom. The monoisotopic (exact) mass is 179 g/mol. The van der Waals surface area contributed by atoms with Gasteiger partial charge >= 0.3 is 0 Å². The summed E-state index contributed by atoms with van der Waals surface area (Å²) in [5.41, 5.74) is 6.70. The van der Waals surface area contributed by atoms with Crippen molar-refractivity contribution in [2.24, 2.45) is 0 Å². The van der Waals surface area contributed by atoms with Crippen LogP contribution < -0.4 is 5.73 Å². The molecule has 0 saturated heterocycles. The van der Waals surface area contributed by atoms with E-state index in [1.54, 1.807) is 0 Å². The fraction of sp³-hybridized carbons (Fsp3) is 0.600. The van der Waals surface area contributed by atoms with Crippen LogP contribution in [-0.4, -0.2) is 9.97 Å². The van der Waals surface area contributed by atoms with E-state index in [2.05, 4.69) is 23.8 Å². The molecule has 3 heteroatoms. The summed E-state index contributed by atoms with van der Waals surface area (Å²) >= 11 is 0. The molecule has 0 aliphatic rings. The Balaban J connectivity index is 2.76. The molecule has 0 unspecified atom stereocenters. The average Bonchev–Trinajstić information content (AvgIpc) is 2.14. The molecule has 2 N–H and O–H groups in total. The summed E-state index contributed by atoms with van der Waals surface area (Å²) in [5.74, 6) is 1.48. The van der Waals surface area contributed by atoms with Gasteiger partial charge in [-0.25, -0.2) is 9.97 Å². The normalized spacial score (nSPS) is 10.3. The Morgan fingerprint density at radius 1 is 1.31 bits per heavy atom. The van der Waals surface area contributed by atoms with Crippen LogP contribution in [-0.2, 0) is 12.8 Å². The van der Waals surface area contributed by atoms with Crippen LogP contribution in [0.25, 0.3) is 0 Å². The van der Waals surface area contributed by atoms with Gasteiger partial charge in [-0.3, -0.25) is 0 Å². The van der Waals surface area contributed by atoms with Crippen molar-refractivity contribution < 1.29 is 0 Å². The molecule has 0 aromatic carbocycles. The first kappa shape index (κ1) is 9.96. The van der Waals surface area contributed by atoms with Crippen molar-refractivity contribution in [2.45, 2.75) is 39.5 Å². The lowest BCUT2D eigenvalue weighted by atomic mass is 10.2. The van der Waals surface area contributed by atoms with Crippen LogP contribution in [0.1, 0.15) is 38.2 Å². The van der Waals surface area contributed by atoms with Gasteiger partial charge in [0.2, 0.25) is 0 Å². The highest BCUT2D eigenvalue weighted by Crippen LogP contribution is 2.06. The fourth-order valence-corrected chi connectivity index (χ4v) is 1.20. The smallest absolute Gasteiger partial charge is 0.130 e. The molecular formula is C10H17N3. The van der Waals surface area contributed by atoms with Crippen molar-refractivity contribution in [3.8, 4) is 0 Å². The van der Waals surface area contributed by atoms with E-state index in [4.69, 9.17) is 5.73 Å². The molecular weight excluding hydrogens is 162 g/mol. The number of hydrogen-bond acceptors (Lipinski definition) is 3. The molecule has 0 aliphatic heterocycles. The van der Waals surface area contributed by atoms with Crippen molar-refractivity contribution in [1.29, 1.82) is 0 Å². The lowest BCUT2D eigenvalue weighted by Gasteiger charge is -2.02. The Labute approximate surface area is 79.4 Å². The van der Waals surface area contributed by atoms with Gasteiger partial charge in [-0.15, -0.1) is 0 Å². The summed E-state index contributed by atoms with van der Waals surface area (Å²) < 4.78 is 0. The predicted octanol–water partition coefficient (Wildman–Crippen LogP) is 1.96. The van der Waals surface area contributed by atoms with E-state index in [1.807, 2.05) is 6.07 Å². The minimum atomic E-state index is 0.595. The van der Waals surface area contributed by atoms with Crippen molar-refractivity contribution in [2.75, 3.05) is 5.73 Å². The Morgan fingerprint density at radius 3 is 2.69 bits per heavy atom. The fourth-order valence-electron chi connectivity index (χ4n) is 1.20. The summed E-state index contributed by atoms with van der Waals surface area (Å²) in [5, 5.41) is 0. The zero-order valence-electron chi connectivity index (χ0n) is 8.38. The number of nitrogens with zero attached hydrogens (tertiary/aromatic N) is 2. The molecule has 0 bridgehead atoms. The number of aromatic nitrogens is 2. The highest BCUT2D eigenvalue weighted by molar-refractivity contribution is 5.29. The largest absolute Gasteiger partial charge is 0.384 e. The molecule has 0 spiro atoms. The molecule has 1 rings (SSSR count). The van der Waals surface area contributed by atoms with Crippen LogP contribution in [0.2, 0.25) is 0 Å². The summed E-state index contributed by atoms with van der Waals surface area (Å²) in [6.07, 6.45) is 4.16. The van der Waals surface area contributed by atoms with Gasteiger partial charge in [0, 0.05) is 18.2 Å². The Kier molecular flexibility index (Phi) is 3.68. The van der Waals surface area contributed by atoms with Gasteiger partial charge in [-0.2, -0.15) is 0 Å². The minimum Gasteiger partial charge on any atom is -0.384 e. The Bertz CT molecular complexity index is 271. The average molecular weight is 179 g/mol. The zero-order valence-corrected chi connectivity index (χ0v) is 8.38. The number of rotatable bonds is 4. The second-order valence-corrected chi connectivity index (χ2v) is 3.16. The summed E-state index contributed by atoms with van der Waals surface area (Å²) in [6, 6.07) is 1.84. The molecule has 0 amide bonds. The number of nitrogen functional groups attached to an aromatic ring is 1. The summed E-state index contributed by atoms with van der Waals surface area (Å²) in [4.78, 5) is 8.58. The van der Waals surface area contributed by atoms with Crippen LogP contribution in [0.3, 0.4) is 0 Å². The van der Waals surface area contributed by atoms with Gasteiger partial charge in [0.05, 0.1) is 0 Å². The SMILES string of the molecule is CCCCc1nc(N)cc(CC)n1. The van der Waals surface area contributed by atoms with Crippen LogP contribution in [0.15, 0.2) is 6.07 Å². The van der Waals surface area contributed by atoms with E-state index in [-0.39, 0.29) is 0 Å². The second-order valence-electron chi connectivity index (χ2n) is 3.16. The van der Waals surface area contributed by atoms with E-state index in [9.17, 15) is 0 Å². The van der Waals surface area contributed by atoms with Gasteiger partial charge in [0.15, 0.2) is 0 Å². The lowest BCUT2D eigenvalue weighted by Crippen LogP contribution is -2.02. The van der Waals surface area contributed by atoms with Crippen molar-refractivity contribution >= 4 is 5.82 Å². The molecule has 1 aromatic rings. The van der Waals surface area contributed by atoms with E-state index in [1.165, 1.54) is 6.42 Å². The third-order valence-electron chi connectivity index (χ3n) is 1.96. The number of anilines is 1. The number of hydrogen-bond donors (Lipinski definition) is 1. The highest BCUT2D eigenvalue weighted by Gasteiger charge is 2.00. The topological polar surface area (TPSA) is 51.8 Å². The van der Waals surface area contributed by atoms with Crippen molar-refractivity contribution in [3.63, 3.8) is 0 Å². The molecule has 1 heterocycles. The van der Waals surface area contributed by atoms with E-state index >= 15 is 0 Å². The summed E-state index contributed by atoms with van der Waals surface area (Å²) in [7, 11) is 0. The molecule has 0 aliphatic carbocycles. The summed E-state index contributed by atoms with van der Waals surface area (Å²) in [6.45, 7) is 4.23. The van der Waals surface area contributed by atoms with Crippen LogP contribution in [0, 0.1) is 0 Å². The molecule has 0 fully saturated rings. The zero-order chi connectivity index (χ0) is 9.68. The molecule has 0 saturated carbocycles. The maximum atomic E-state index is 5.66. The van der Waals surface area contributed by atoms with E-state index < -0.39 is 0 Å². The number of unbranched alkanes of at least 4 members (excludes halogenated alkanes) is 1. The molecule has 13 heavy (non-hydrogen) atoms. The highest BCUT2D eigenvalue weighted by atomic mass is 14.9. The molecule has 72 valence electrons. The molecule has 0 radical (unpaired) electrons. The van der Waals surface area contributed by atoms with E-state index in [0.717, 1.165) is 30.8 Å². The van der Waals surface area contributed by atoms with Crippen LogP contribution in [0.4, 0.5) is 5.82 Å². The maximum absolute atomic E-state index is 5.66. The maximum Gasteiger partial charge on any atom is 0.130 e. The first-order chi connectivity index (χ1) is 6.26. The predicted molar refractivity (Wildman–Crippen MR) is 54.4 cm³/mol. The standard InChI is InChI=1S/C10H17N3/c1-3-5-6-10-12-8(4-2)7-9(11)13-10/h7H,3-6H2,1-2H3,(H2,11,12,13). The van der Waals surface area contributed by atoms with Gasteiger partial charge in [0.1, 0.15) is 11.6 Å². The van der Waals surface area contributed by atoms with Crippen molar-refractivity contribution in [3.05, 3.63) is 17.6 Å². The van der Waals surface area contributed by atoms with Gasteiger partial charge in [-0.1, -0.05) is 20.3 Å².